The fraction of sp³-hybridized carbons (Fsp3) is 0.533. The lowest BCUT2D eigenvalue weighted by molar-refractivity contribution is 0.268. The summed E-state index contributed by atoms with van der Waals surface area (Å²) in [5.74, 6) is 1.35. The van der Waals surface area contributed by atoms with Crippen LogP contribution in [0.2, 0.25) is 5.02 Å². The number of hydrogen-bond acceptors (Lipinski definition) is 2. The van der Waals surface area contributed by atoms with Crippen molar-refractivity contribution in [1.29, 1.82) is 5.26 Å². The predicted molar refractivity (Wildman–Crippen MR) is 75.8 cm³/mol. The number of nitrogens with zero attached hydrogens (tertiary/aromatic N) is 1. The number of rotatable bonds is 2. The molecule has 2 unspecified atom stereocenters. The molecule has 0 spiro atoms. The van der Waals surface area contributed by atoms with Gasteiger partial charge >= 0.3 is 0 Å². The Labute approximate surface area is 114 Å². The summed E-state index contributed by atoms with van der Waals surface area (Å²) < 4.78 is 0. The third-order valence-corrected chi connectivity index (χ3v) is 4.29. The minimum absolute atomic E-state index is 0.492. The van der Waals surface area contributed by atoms with Crippen molar-refractivity contribution in [2.75, 3.05) is 5.32 Å². The summed E-state index contributed by atoms with van der Waals surface area (Å²) in [6, 6.07) is 8.21. The van der Waals surface area contributed by atoms with Gasteiger partial charge in [-0.2, -0.15) is 5.26 Å². The first-order chi connectivity index (χ1) is 8.61. The maximum absolute atomic E-state index is 8.99. The van der Waals surface area contributed by atoms with E-state index in [1.807, 2.05) is 12.1 Å². The van der Waals surface area contributed by atoms with Gasteiger partial charge in [-0.1, -0.05) is 31.9 Å². The van der Waals surface area contributed by atoms with Gasteiger partial charge in [0.2, 0.25) is 0 Å². The van der Waals surface area contributed by atoms with Gasteiger partial charge in [-0.05, 0) is 42.9 Å². The molecule has 1 N–H and O–H groups in total. The molecular weight excluding hydrogens is 244 g/mol. The normalized spacial score (nSPS) is 27.6. The minimum atomic E-state index is 0.492. The van der Waals surface area contributed by atoms with E-state index in [9.17, 15) is 0 Å². The highest BCUT2D eigenvalue weighted by atomic mass is 35.5. The topological polar surface area (TPSA) is 35.8 Å². The summed E-state index contributed by atoms with van der Waals surface area (Å²) in [5.41, 5.74) is 1.54. The van der Waals surface area contributed by atoms with Crippen molar-refractivity contribution in [2.24, 2.45) is 11.8 Å². The third-order valence-electron chi connectivity index (χ3n) is 3.97. The Hall–Kier alpha value is -1.20. The highest BCUT2D eigenvalue weighted by Gasteiger charge is 2.27. The van der Waals surface area contributed by atoms with E-state index >= 15 is 0 Å². The molecule has 1 aromatic rings. The van der Waals surface area contributed by atoms with Crippen LogP contribution in [0.4, 0.5) is 5.69 Å². The van der Waals surface area contributed by atoms with Crippen LogP contribution < -0.4 is 5.32 Å². The van der Waals surface area contributed by atoms with Gasteiger partial charge in [0.25, 0.3) is 0 Å². The predicted octanol–water partition coefficient (Wildman–Crippen LogP) is 4.45. The van der Waals surface area contributed by atoms with Gasteiger partial charge in [0, 0.05) is 11.7 Å². The molecule has 96 valence electrons. The molecule has 1 aliphatic carbocycles. The number of nitrogens with one attached hydrogen (secondary N) is 1. The standard InChI is InChI=1S/C15H19ClN2/c1-10-4-3-5-11(2)15(10)18-13-6-7-14(16)12(8-13)9-17/h6-8,10-11,15,18H,3-5H2,1-2H3. The summed E-state index contributed by atoms with van der Waals surface area (Å²) in [5, 5.41) is 13.1. The van der Waals surface area contributed by atoms with Crippen LogP contribution in [0, 0.1) is 23.2 Å². The number of nitriles is 1. The first kappa shape index (κ1) is 13.2. The molecule has 2 nitrogen and oxygen atoms in total. The quantitative estimate of drug-likeness (QED) is 0.855. The first-order valence-corrected chi connectivity index (χ1v) is 6.96. The Kier molecular flexibility index (Phi) is 4.14. The number of anilines is 1. The van der Waals surface area contributed by atoms with Crippen molar-refractivity contribution in [1.82, 2.24) is 0 Å². The smallest absolute Gasteiger partial charge is 0.101 e. The lowest BCUT2D eigenvalue weighted by Gasteiger charge is -2.36. The van der Waals surface area contributed by atoms with Crippen LogP contribution >= 0.6 is 11.6 Å². The minimum Gasteiger partial charge on any atom is -0.382 e. The van der Waals surface area contributed by atoms with Gasteiger partial charge in [-0.15, -0.1) is 0 Å². The van der Waals surface area contributed by atoms with Crippen LogP contribution in [0.3, 0.4) is 0 Å². The van der Waals surface area contributed by atoms with Crippen LogP contribution in [0.5, 0.6) is 0 Å². The second-order valence-electron chi connectivity index (χ2n) is 5.36. The van der Waals surface area contributed by atoms with E-state index in [0.29, 0.717) is 28.5 Å². The van der Waals surface area contributed by atoms with Gasteiger partial charge in [0.1, 0.15) is 6.07 Å². The third kappa shape index (κ3) is 2.79. The van der Waals surface area contributed by atoms with E-state index in [4.69, 9.17) is 16.9 Å². The summed E-state index contributed by atoms with van der Waals surface area (Å²) in [6.07, 6.45) is 3.88. The largest absolute Gasteiger partial charge is 0.382 e. The zero-order chi connectivity index (χ0) is 13.1. The van der Waals surface area contributed by atoms with Gasteiger partial charge < -0.3 is 5.32 Å². The highest BCUT2D eigenvalue weighted by Crippen LogP contribution is 2.32. The monoisotopic (exact) mass is 262 g/mol. The first-order valence-electron chi connectivity index (χ1n) is 6.58. The number of benzene rings is 1. The molecule has 2 atom stereocenters. The van der Waals surface area contributed by atoms with Crippen LogP contribution in [0.25, 0.3) is 0 Å². The molecule has 2 rings (SSSR count). The number of halogens is 1. The number of hydrogen-bond donors (Lipinski definition) is 1. The van der Waals surface area contributed by atoms with Crippen LogP contribution in [-0.2, 0) is 0 Å². The lowest BCUT2D eigenvalue weighted by atomic mass is 9.78. The SMILES string of the molecule is CC1CCCC(C)C1Nc1ccc(Cl)c(C#N)c1. The van der Waals surface area contributed by atoms with Gasteiger partial charge in [0.15, 0.2) is 0 Å². The molecule has 1 fully saturated rings. The molecule has 0 saturated heterocycles. The molecule has 0 radical (unpaired) electrons. The Morgan fingerprint density at radius 1 is 1.28 bits per heavy atom. The fourth-order valence-corrected chi connectivity index (χ4v) is 3.02. The molecule has 1 aliphatic rings. The van der Waals surface area contributed by atoms with E-state index in [1.165, 1.54) is 19.3 Å². The van der Waals surface area contributed by atoms with E-state index in [1.54, 1.807) is 6.07 Å². The van der Waals surface area contributed by atoms with Gasteiger partial charge in [0.05, 0.1) is 10.6 Å². The summed E-state index contributed by atoms with van der Waals surface area (Å²) in [4.78, 5) is 0. The van der Waals surface area contributed by atoms with E-state index in [-0.39, 0.29) is 0 Å². The lowest BCUT2D eigenvalue weighted by Crippen LogP contribution is -2.37. The maximum atomic E-state index is 8.99. The van der Waals surface area contributed by atoms with E-state index < -0.39 is 0 Å². The van der Waals surface area contributed by atoms with E-state index in [0.717, 1.165) is 5.69 Å². The summed E-state index contributed by atoms with van der Waals surface area (Å²) in [6.45, 7) is 4.60. The van der Waals surface area contributed by atoms with Crippen molar-refractivity contribution < 1.29 is 0 Å². The van der Waals surface area contributed by atoms with Crippen molar-refractivity contribution in [2.45, 2.75) is 39.2 Å². The van der Waals surface area contributed by atoms with Crippen molar-refractivity contribution in [3.63, 3.8) is 0 Å². The molecule has 18 heavy (non-hydrogen) atoms. The molecule has 3 heteroatoms. The Bertz CT molecular complexity index is 454. The van der Waals surface area contributed by atoms with E-state index in [2.05, 4.69) is 25.2 Å². The van der Waals surface area contributed by atoms with Crippen LogP contribution in [0.1, 0.15) is 38.7 Å². The van der Waals surface area contributed by atoms with Crippen LogP contribution in [-0.4, -0.2) is 6.04 Å². The molecule has 1 saturated carbocycles. The Balaban J connectivity index is 2.15. The molecular formula is C15H19ClN2. The van der Waals surface area contributed by atoms with Crippen molar-refractivity contribution >= 4 is 17.3 Å². The molecule has 0 aliphatic heterocycles. The van der Waals surface area contributed by atoms with Gasteiger partial charge in [-0.3, -0.25) is 0 Å². The highest BCUT2D eigenvalue weighted by molar-refractivity contribution is 6.31. The molecule has 0 aromatic heterocycles. The fourth-order valence-electron chi connectivity index (χ4n) is 2.86. The average molecular weight is 263 g/mol. The summed E-state index contributed by atoms with van der Waals surface area (Å²) >= 11 is 5.95. The second-order valence-corrected chi connectivity index (χ2v) is 5.77. The van der Waals surface area contributed by atoms with Crippen LogP contribution in [0.15, 0.2) is 18.2 Å². The molecule has 0 amide bonds. The molecule has 1 aromatic carbocycles. The molecule has 0 bridgehead atoms. The van der Waals surface area contributed by atoms with Gasteiger partial charge in [-0.25, -0.2) is 0 Å². The molecule has 0 heterocycles. The zero-order valence-electron chi connectivity index (χ0n) is 10.9. The zero-order valence-corrected chi connectivity index (χ0v) is 11.7. The maximum Gasteiger partial charge on any atom is 0.101 e. The second kappa shape index (κ2) is 5.63. The van der Waals surface area contributed by atoms with Crippen molar-refractivity contribution in [3.8, 4) is 6.07 Å². The summed E-state index contributed by atoms with van der Waals surface area (Å²) in [7, 11) is 0. The Morgan fingerprint density at radius 2 is 1.94 bits per heavy atom. The van der Waals surface area contributed by atoms with Crippen molar-refractivity contribution in [3.05, 3.63) is 28.8 Å². The average Bonchev–Trinajstić information content (AvgIpc) is 2.36. The Morgan fingerprint density at radius 3 is 2.56 bits per heavy atom.